The van der Waals surface area contributed by atoms with Gasteiger partial charge in [-0.2, -0.15) is 15.1 Å². The molecule has 7 nitrogen and oxygen atoms in total. The molecule has 2 aliphatic rings. The van der Waals surface area contributed by atoms with Crippen LogP contribution in [0, 0.1) is 5.41 Å². The van der Waals surface area contributed by atoms with Crippen LogP contribution < -0.4 is 5.43 Å². The van der Waals surface area contributed by atoms with Crippen LogP contribution in [-0.2, 0) is 4.79 Å². The number of nitrogens with zero attached hydrogens (tertiary/aromatic N) is 3. The molecule has 0 unspecified atom stereocenters. The Morgan fingerprint density at radius 1 is 1.36 bits per heavy atom. The zero-order valence-electron chi connectivity index (χ0n) is 12.7. The van der Waals surface area contributed by atoms with E-state index in [-0.39, 0.29) is 22.4 Å². The molecule has 0 spiro atoms. The Morgan fingerprint density at radius 2 is 2.16 bits per heavy atom. The highest BCUT2D eigenvalue weighted by molar-refractivity contribution is 8.26. The first-order chi connectivity index (χ1) is 11.9. The molecule has 1 N–H and O–H groups in total. The second kappa shape index (κ2) is 5.68. The van der Waals surface area contributed by atoms with Gasteiger partial charge < -0.3 is 4.42 Å². The van der Waals surface area contributed by atoms with Crippen molar-refractivity contribution in [1.29, 1.82) is 5.41 Å². The van der Waals surface area contributed by atoms with Crippen molar-refractivity contribution in [3.8, 4) is 0 Å². The topological polar surface area (TPSA) is 99.1 Å². The van der Waals surface area contributed by atoms with Crippen molar-refractivity contribution in [3.05, 3.63) is 50.8 Å². The average molecular weight is 373 g/mol. The fourth-order valence-corrected chi connectivity index (χ4v) is 3.37. The van der Waals surface area contributed by atoms with Gasteiger partial charge in [0.1, 0.15) is 11.8 Å². The minimum absolute atomic E-state index is 0.0310. The van der Waals surface area contributed by atoms with Crippen molar-refractivity contribution in [3.63, 3.8) is 0 Å². The molecule has 1 amide bonds. The molecular weight excluding hydrogens is 364 g/mol. The van der Waals surface area contributed by atoms with E-state index in [1.807, 2.05) is 0 Å². The molecule has 0 aliphatic carbocycles. The van der Waals surface area contributed by atoms with Crippen molar-refractivity contribution in [2.45, 2.75) is 6.92 Å². The first-order valence-electron chi connectivity index (χ1n) is 7.12. The number of amides is 1. The van der Waals surface area contributed by atoms with Gasteiger partial charge in [0.25, 0.3) is 5.91 Å². The van der Waals surface area contributed by atoms with Crippen LogP contribution in [0.4, 0.5) is 0 Å². The maximum atomic E-state index is 12.6. The van der Waals surface area contributed by atoms with Crippen molar-refractivity contribution in [2.24, 2.45) is 10.1 Å². The third-order valence-electron chi connectivity index (χ3n) is 3.62. The SMILES string of the molecule is CC1=NN2C(=N)C(=Cc3coc4ccc(Cl)cc4c3=O)C(=O)N=C2S1. The van der Waals surface area contributed by atoms with E-state index in [9.17, 15) is 9.59 Å². The lowest BCUT2D eigenvalue weighted by Gasteiger charge is -2.20. The van der Waals surface area contributed by atoms with Crippen molar-refractivity contribution in [1.82, 2.24) is 5.01 Å². The Hall–Kier alpha value is -2.71. The molecule has 3 heterocycles. The van der Waals surface area contributed by atoms with Gasteiger partial charge in [0, 0.05) is 5.02 Å². The van der Waals surface area contributed by atoms with Gasteiger partial charge in [-0.05, 0) is 43.0 Å². The van der Waals surface area contributed by atoms with Gasteiger partial charge in [0.05, 0.1) is 21.6 Å². The standard InChI is InChI=1S/C16H9ClN4O3S/c1-7-20-21-14(18)11(15(23)19-16(21)25-7)4-8-6-24-12-3-2-9(17)5-10(12)13(8)22/h2-6,18H,1H3. The van der Waals surface area contributed by atoms with Gasteiger partial charge in [-0.3, -0.25) is 15.0 Å². The molecule has 0 saturated carbocycles. The third-order valence-corrected chi connectivity index (χ3v) is 4.68. The molecular formula is C16H9ClN4O3S. The lowest BCUT2D eigenvalue weighted by Crippen LogP contribution is -2.35. The lowest BCUT2D eigenvalue weighted by atomic mass is 10.1. The summed E-state index contributed by atoms with van der Waals surface area (Å²) in [7, 11) is 0. The van der Waals surface area contributed by atoms with E-state index >= 15 is 0 Å². The Kier molecular flexibility index (Phi) is 3.59. The number of thioether (sulfide) groups is 1. The molecule has 25 heavy (non-hydrogen) atoms. The highest BCUT2D eigenvalue weighted by Crippen LogP contribution is 2.28. The minimum Gasteiger partial charge on any atom is -0.463 e. The predicted molar refractivity (Wildman–Crippen MR) is 98.2 cm³/mol. The molecule has 124 valence electrons. The maximum absolute atomic E-state index is 12.6. The summed E-state index contributed by atoms with van der Waals surface area (Å²) in [6.07, 6.45) is 2.55. The number of carbonyl (C=O) groups is 1. The van der Waals surface area contributed by atoms with E-state index in [0.29, 0.717) is 26.2 Å². The number of hydrogen-bond donors (Lipinski definition) is 1. The summed E-state index contributed by atoms with van der Waals surface area (Å²) in [5, 5.41) is 15.3. The number of amidine groups is 2. The van der Waals surface area contributed by atoms with Crippen LogP contribution in [0.15, 0.2) is 49.3 Å². The molecule has 0 atom stereocenters. The van der Waals surface area contributed by atoms with Crippen LogP contribution >= 0.6 is 23.4 Å². The summed E-state index contributed by atoms with van der Waals surface area (Å²) in [4.78, 5) is 28.8. The number of aliphatic imine (C=N–C) groups is 1. The van der Waals surface area contributed by atoms with Gasteiger partial charge in [-0.1, -0.05) is 11.6 Å². The zero-order chi connectivity index (χ0) is 17.7. The molecule has 4 rings (SSSR count). The molecule has 9 heteroatoms. The third kappa shape index (κ3) is 2.59. The van der Waals surface area contributed by atoms with Gasteiger partial charge >= 0.3 is 0 Å². The second-order valence-electron chi connectivity index (χ2n) is 5.30. The summed E-state index contributed by atoms with van der Waals surface area (Å²) < 4.78 is 5.43. The van der Waals surface area contributed by atoms with Crippen molar-refractivity contribution < 1.29 is 9.21 Å². The van der Waals surface area contributed by atoms with Crippen LogP contribution in [-0.4, -0.2) is 27.0 Å². The van der Waals surface area contributed by atoms with E-state index in [4.69, 9.17) is 21.4 Å². The fourth-order valence-electron chi connectivity index (χ4n) is 2.46. The normalized spacial score (nSPS) is 18.6. The van der Waals surface area contributed by atoms with Crippen LogP contribution in [0.2, 0.25) is 5.02 Å². The van der Waals surface area contributed by atoms with E-state index < -0.39 is 5.91 Å². The predicted octanol–water partition coefficient (Wildman–Crippen LogP) is 3.09. The Morgan fingerprint density at radius 3 is 2.96 bits per heavy atom. The molecule has 1 aromatic carbocycles. The highest BCUT2D eigenvalue weighted by Gasteiger charge is 2.34. The monoisotopic (exact) mass is 372 g/mol. The second-order valence-corrected chi connectivity index (χ2v) is 6.90. The smallest absolute Gasteiger partial charge is 0.283 e. The number of fused-ring (bicyclic) bond motifs is 2. The highest BCUT2D eigenvalue weighted by atomic mass is 35.5. The summed E-state index contributed by atoms with van der Waals surface area (Å²) >= 11 is 7.14. The van der Waals surface area contributed by atoms with E-state index in [1.54, 1.807) is 19.1 Å². The number of hydrazone groups is 1. The molecule has 1 aromatic heterocycles. The molecule has 0 saturated heterocycles. The summed E-state index contributed by atoms with van der Waals surface area (Å²) in [6.45, 7) is 1.76. The number of carbonyl (C=O) groups excluding carboxylic acids is 1. The number of rotatable bonds is 1. The number of nitrogens with one attached hydrogen (secondary N) is 1. The van der Waals surface area contributed by atoms with E-state index in [0.717, 1.165) is 0 Å². The van der Waals surface area contributed by atoms with Gasteiger partial charge in [0.15, 0.2) is 11.3 Å². The average Bonchev–Trinajstić information content (AvgIpc) is 2.94. The minimum atomic E-state index is -0.598. The van der Waals surface area contributed by atoms with Gasteiger partial charge in [-0.15, -0.1) is 0 Å². The quantitative estimate of drug-likeness (QED) is 0.775. The molecule has 0 bridgehead atoms. The molecule has 2 aromatic rings. The Balaban J connectivity index is 1.85. The van der Waals surface area contributed by atoms with Crippen LogP contribution in [0.25, 0.3) is 17.0 Å². The zero-order valence-corrected chi connectivity index (χ0v) is 14.3. The van der Waals surface area contributed by atoms with Gasteiger partial charge in [-0.25, -0.2) is 0 Å². The number of benzene rings is 1. The lowest BCUT2D eigenvalue weighted by molar-refractivity contribution is -0.114. The van der Waals surface area contributed by atoms with Gasteiger partial charge in [0.2, 0.25) is 5.17 Å². The van der Waals surface area contributed by atoms with E-state index in [1.165, 1.54) is 35.2 Å². The molecule has 0 fully saturated rings. The largest absolute Gasteiger partial charge is 0.463 e. The molecule has 2 aliphatic heterocycles. The summed E-state index contributed by atoms with van der Waals surface area (Å²) in [6, 6.07) is 4.71. The number of hydrogen-bond acceptors (Lipinski definition) is 6. The Bertz CT molecular complexity index is 1120. The summed E-state index contributed by atoms with van der Waals surface area (Å²) in [5.41, 5.74) is 0.144. The maximum Gasteiger partial charge on any atom is 0.283 e. The first-order valence-corrected chi connectivity index (χ1v) is 8.31. The van der Waals surface area contributed by atoms with Crippen molar-refractivity contribution in [2.75, 3.05) is 0 Å². The van der Waals surface area contributed by atoms with Crippen molar-refractivity contribution >= 4 is 62.4 Å². The van der Waals surface area contributed by atoms with Crippen LogP contribution in [0.5, 0.6) is 0 Å². The van der Waals surface area contributed by atoms with Crippen LogP contribution in [0.3, 0.4) is 0 Å². The fraction of sp³-hybridized carbons (Fsp3) is 0.0625. The number of halogens is 1. The molecule has 0 radical (unpaired) electrons. The Labute approximate surface area is 150 Å². The van der Waals surface area contributed by atoms with E-state index in [2.05, 4.69) is 10.1 Å². The first kappa shape index (κ1) is 15.8. The summed E-state index contributed by atoms with van der Waals surface area (Å²) in [5.74, 6) is -0.732. The van der Waals surface area contributed by atoms with Crippen LogP contribution in [0.1, 0.15) is 12.5 Å².